The normalized spacial score (nSPS) is 17.6. The van der Waals surface area contributed by atoms with Crippen molar-refractivity contribution >= 4 is 24.9 Å². The molecule has 1 aromatic carbocycles. The summed E-state index contributed by atoms with van der Waals surface area (Å²) >= 11 is 0. The SMILES string of the molecule is O=COc1ccc(OC(=O)C2CCCCC2)c(OC(=O)C2CCCCC2)c1OC=O. The molecule has 0 radical (unpaired) electrons. The van der Waals surface area contributed by atoms with Gasteiger partial charge in [-0.2, -0.15) is 0 Å². The lowest BCUT2D eigenvalue weighted by molar-refractivity contribution is -0.143. The molecule has 2 fully saturated rings. The van der Waals surface area contributed by atoms with E-state index in [-0.39, 0.29) is 47.8 Å². The number of hydrogen-bond donors (Lipinski definition) is 0. The first-order chi connectivity index (χ1) is 14.6. The van der Waals surface area contributed by atoms with E-state index in [4.69, 9.17) is 18.9 Å². The second kappa shape index (κ2) is 10.8. The van der Waals surface area contributed by atoms with Gasteiger partial charge in [0.05, 0.1) is 11.8 Å². The van der Waals surface area contributed by atoms with Crippen molar-refractivity contribution in [3.8, 4) is 23.0 Å². The van der Waals surface area contributed by atoms with Gasteiger partial charge in [0.25, 0.3) is 12.9 Å². The lowest BCUT2D eigenvalue weighted by Crippen LogP contribution is -2.25. The molecule has 2 saturated carbocycles. The highest BCUT2D eigenvalue weighted by atomic mass is 16.6. The quantitative estimate of drug-likeness (QED) is 0.357. The largest absolute Gasteiger partial charge is 0.425 e. The zero-order valence-corrected chi connectivity index (χ0v) is 16.8. The number of hydrogen-bond acceptors (Lipinski definition) is 8. The molecule has 8 heteroatoms. The van der Waals surface area contributed by atoms with Crippen molar-refractivity contribution in [2.45, 2.75) is 64.2 Å². The summed E-state index contributed by atoms with van der Waals surface area (Å²) in [5.74, 6) is -2.14. The molecule has 2 aliphatic carbocycles. The predicted octanol–water partition coefficient (Wildman–Crippen LogP) is 3.73. The number of benzene rings is 1. The van der Waals surface area contributed by atoms with Crippen LogP contribution in [0.4, 0.5) is 0 Å². The fourth-order valence-electron chi connectivity index (χ4n) is 4.06. The lowest BCUT2D eigenvalue weighted by Gasteiger charge is -2.23. The van der Waals surface area contributed by atoms with Gasteiger partial charge in [0.15, 0.2) is 11.5 Å². The molecule has 0 heterocycles. The molecule has 0 atom stereocenters. The molecular weight excluding hydrogens is 392 g/mol. The maximum Gasteiger partial charge on any atom is 0.314 e. The summed E-state index contributed by atoms with van der Waals surface area (Å²) in [6.07, 6.45) is 8.78. The Balaban J connectivity index is 1.90. The third kappa shape index (κ3) is 5.37. The highest BCUT2D eigenvalue weighted by Crippen LogP contribution is 2.45. The van der Waals surface area contributed by atoms with E-state index >= 15 is 0 Å². The van der Waals surface area contributed by atoms with Crippen molar-refractivity contribution in [3.63, 3.8) is 0 Å². The van der Waals surface area contributed by atoms with E-state index in [0.29, 0.717) is 12.8 Å². The van der Waals surface area contributed by atoms with Gasteiger partial charge in [-0.15, -0.1) is 0 Å². The average Bonchev–Trinajstić information content (AvgIpc) is 2.78. The average molecular weight is 418 g/mol. The first-order valence-electron chi connectivity index (χ1n) is 10.4. The Kier molecular flexibility index (Phi) is 7.82. The monoisotopic (exact) mass is 418 g/mol. The second-order valence-electron chi connectivity index (χ2n) is 7.66. The van der Waals surface area contributed by atoms with Crippen LogP contribution in [0, 0.1) is 11.8 Å². The molecular formula is C22H26O8. The third-order valence-electron chi connectivity index (χ3n) is 5.67. The van der Waals surface area contributed by atoms with Crippen molar-refractivity contribution in [1.82, 2.24) is 0 Å². The van der Waals surface area contributed by atoms with Gasteiger partial charge in [-0.25, -0.2) is 0 Å². The van der Waals surface area contributed by atoms with Gasteiger partial charge < -0.3 is 18.9 Å². The molecule has 0 spiro atoms. The Morgan fingerprint density at radius 3 is 1.70 bits per heavy atom. The summed E-state index contributed by atoms with van der Waals surface area (Å²) in [6, 6.07) is 2.68. The molecule has 0 unspecified atom stereocenters. The highest BCUT2D eigenvalue weighted by Gasteiger charge is 2.30. The first-order valence-corrected chi connectivity index (χ1v) is 10.4. The maximum atomic E-state index is 12.7. The summed E-state index contributed by atoms with van der Waals surface area (Å²) in [5.41, 5.74) is 0. The molecule has 0 N–H and O–H groups in total. The molecule has 30 heavy (non-hydrogen) atoms. The van der Waals surface area contributed by atoms with E-state index < -0.39 is 11.9 Å². The van der Waals surface area contributed by atoms with E-state index in [1.54, 1.807) is 0 Å². The van der Waals surface area contributed by atoms with E-state index in [0.717, 1.165) is 51.4 Å². The number of carbonyl (C=O) groups excluding carboxylic acids is 4. The summed E-state index contributed by atoms with van der Waals surface area (Å²) in [5, 5.41) is 0. The molecule has 1 aromatic rings. The number of carbonyl (C=O) groups is 4. The summed E-state index contributed by atoms with van der Waals surface area (Å²) in [6.45, 7) is 0.283. The van der Waals surface area contributed by atoms with Gasteiger partial charge in [0.1, 0.15) is 0 Å². The Morgan fingerprint density at radius 2 is 1.17 bits per heavy atom. The number of rotatable bonds is 8. The van der Waals surface area contributed by atoms with Gasteiger partial charge in [-0.3, -0.25) is 19.2 Å². The van der Waals surface area contributed by atoms with Gasteiger partial charge in [0, 0.05) is 0 Å². The smallest absolute Gasteiger partial charge is 0.314 e. The van der Waals surface area contributed by atoms with Crippen molar-refractivity contribution in [1.29, 1.82) is 0 Å². The van der Waals surface area contributed by atoms with Crippen molar-refractivity contribution in [3.05, 3.63) is 12.1 Å². The highest BCUT2D eigenvalue weighted by molar-refractivity contribution is 5.81. The van der Waals surface area contributed by atoms with E-state index in [2.05, 4.69) is 0 Å². The van der Waals surface area contributed by atoms with Gasteiger partial charge >= 0.3 is 11.9 Å². The molecule has 3 rings (SSSR count). The van der Waals surface area contributed by atoms with Crippen LogP contribution in [0.2, 0.25) is 0 Å². The molecule has 2 aliphatic rings. The summed E-state index contributed by atoms with van der Waals surface area (Å²) in [7, 11) is 0. The topological polar surface area (TPSA) is 105 Å². The standard InChI is InChI=1S/C22H26O8/c23-13-27-17-11-12-18(29-21(25)15-7-3-1-4-8-15)20(19(17)28-14-24)30-22(26)16-9-5-2-6-10-16/h11-16H,1-10H2. The van der Waals surface area contributed by atoms with Crippen LogP contribution in [-0.2, 0) is 19.2 Å². The van der Waals surface area contributed by atoms with Crippen LogP contribution < -0.4 is 18.9 Å². The predicted molar refractivity (Wildman–Crippen MR) is 104 cm³/mol. The fraction of sp³-hybridized carbons (Fsp3) is 0.545. The van der Waals surface area contributed by atoms with Gasteiger partial charge in [-0.05, 0) is 37.8 Å². The van der Waals surface area contributed by atoms with Crippen LogP contribution in [0.25, 0.3) is 0 Å². The van der Waals surface area contributed by atoms with E-state index in [1.807, 2.05) is 0 Å². The maximum absolute atomic E-state index is 12.7. The minimum atomic E-state index is -0.497. The molecule has 0 aromatic heterocycles. The molecule has 0 amide bonds. The molecule has 0 bridgehead atoms. The van der Waals surface area contributed by atoms with Crippen molar-refractivity contribution in [2.75, 3.05) is 0 Å². The number of esters is 2. The van der Waals surface area contributed by atoms with Crippen molar-refractivity contribution in [2.24, 2.45) is 11.8 Å². The molecule has 8 nitrogen and oxygen atoms in total. The van der Waals surface area contributed by atoms with Crippen LogP contribution in [-0.4, -0.2) is 24.9 Å². The minimum absolute atomic E-state index is 0.0511. The molecule has 0 aliphatic heterocycles. The lowest BCUT2D eigenvalue weighted by atomic mass is 9.89. The molecule has 162 valence electrons. The summed E-state index contributed by atoms with van der Waals surface area (Å²) < 4.78 is 20.9. The van der Waals surface area contributed by atoms with Gasteiger partial charge in [-0.1, -0.05) is 38.5 Å². The van der Waals surface area contributed by atoms with Crippen LogP contribution in [0.1, 0.15) is 64.2 Å². The van der Waals surface area contributed by atoms with E-state index in [9.17, 15) is 19.2 Å². The minimum Gasteiger partial charge on any atom is -0.425 e. The first kappa shape index (κ1) is 21.8. The zero-order chi connectivity index (χ0) is 21.3. The Hall–Kier alpha value is -2.90. The van der Waals surface area contributed by atoms with Gasteiger partial charge in [0.2, 0.25) is 11.5 Å². The summed E-state index contributed by atoms with van der Waals surface area (Å²) in [4.78, 5) is 47.2. The van der Waals surface area contributed by atoms with Crippen molar-refractivity contribution < 1.29 is 38.1 Å². The molecule has 0 saturated heterocycles. The Morgan fingerprint density at radius 1 is 0.667 bits per heavy atom. The van der Waals surface area contributed by atoms with Crippen LogP contribution >= 0.6 is 0 Å². The van der Waals surface area contributed by atoms with Crippen LogP contribution in [0.5, 0.6) is 23.0 Å². The third-order valence-corrected chi connectivity index (χ3v) is 5.67. The fourth-order valence-corrected chi connectivity index (χ4v) is 4.06. The van der Waals surface area contributed by atoms with Crippen LogP contribution in [0.15, 0.2) is 12.1 Å². The Labute approximate surface area is 174 Å². The number of ether oxygens (including phenoxy) is 4. The Bertz CT molecular complexity index is 776. The second-order valence-corrected chi connectivity index (χ2v) is 7.66. The van der Waals surface area contributed by atoms with E-state index in [1.165, 1.54) is 12.1 Å². The van der Waals surface area contributed by atoms with Crippen LogP contribution in [0.3, 0.4) is 0 Å². The zero-order valence-electron chi connectivity index (χ0n) is 16.8.